The van der Waals surface area contributed by atoms with Crippen molar-refractivity contribution in [1.29, 1.82) is 0 Å². The van der Waals surface area contributed by atoms with E-state index in [9.17, 15) is 14.4 Å². The van der Waals surface area contributed by atoms with Gasteiger partial charge < -0.3 is 15.6 Å². The maximum absolute atomic E-state index is 12.1. The van der Waals surface area contributed by atoms with Gasteiger partial charge in [0.05, 0.1) is 17.5 Å². The number of hydrogen-bond acceptors (Lipinski definition) is 4. The second-order valence-corrected chi connectivity index (χ2v) is 6.15. The highest BCUT2D eigenvalue weighted by Gasteiger charge is 2.38. The highest BCUT2D eigenvalue weighted by molar-refractivity contribution is 6.05. The molecule has 0 unspecified atom stereocenters. The number of aryl methyl sites for hydroxylation is 1. The lowest BCUT2D eigenvalue weighted by Gasteiger charge is -2.11. The Kier molecular flexibility index (Phi) is 4.69. The summed E-state index contributed by atoms with van der Waals surface area (Å²) in [5.41, 5.74) is 2.72. The molecule has 8 heteroatoms. The summed E-state index contributed by atoms with van der Waals surface area (Å²) < 4.78 is 0. The SMILES string of the molecule is CCCN1C(=O)N[C@H](CC(=O)NCc2ccc3nc(C)[nH]c3c2)C1=O. The average molecular weight is 343 g/mol. The number of rotatable bonds is 6. The van der Waals surface area contributed by atoms with Gasteiger partial charge in [-0.1, -0.05) is 13.0 Å². The largest absolute Gasteiger partial charge is 0.352 e. The summed E-state index contributed by atoms with van der Waals surface area (Å²) in [5, 5.41) is 5.34. The van der Waals surface area contributed by atoms with E-state index >= 15 is 0 Å². The standard InChI is InChI=1S/C17H21N5O3/c1-3-6-22-16(24)14(21-17(22)25)8-15(23)18-9-11-4-5-12-13(7-11)20-10(2)19-12/h4-5,7,14H,3,6,8-9H2,1-2H3,(H,18,23)(H,19,20)(H,21,25)/t14-/m1/s1. The fourth-order valence-electron chi connectivity index (χ4n) is 2.90. The molecule has 0 spiro atoms. The Morgan fingerprint density at radius 1 is 1.36 bits per heavy atom. The summed E-state index contributed by atoms with van der Waals surface area (Å²) in [6, 6.07) is 4.51. The van der Waals surface area contributed by atoms with Crippen molar-refractivity contribution >= 4 is 28.9 Å². The van der Waals surface area contributed by atoms with Crippen LogP contribution >= 0.6 is 0 Å². The average Bonchev–Trinajstić information content (AvgIpc) is 3.06. The van der Waals surface area contributed by atoms with E-state index in [-0.39, 0.29) is 18.2 Å². The second kappa shape index (κ2) is 6.92. The monoisotopic (exact) mass is 343 g/mol. The third-order valence-electron chi connectivity index (χ3n) is 4.10. The van der Waals surface area contributed by atoms with Crippen molar-refractivity contribution in [1.82, 2.24) is 25.5 Å². The molecule has 3 N–H and O–H groups in total. The highest BCUT2D eigenvalue weighted by Crippen LogP contribution is 2.14. The summed E-state index contributed by atoms with van der Waals surface area (Å²) in [6.07, 6.45) is 0.629. The number of aromatic amines is 1. The molecule has 0 saturated carbocycles. The fourth-order valence-corrected chi connectivity index (χ4v) is 2.90. The molecule has 1 aliphatic rings. The van der Waals surface area contributed by atoms with E-state index in [1.54, 1.807) is 0 Å². The molecule has 0 aliphatic carbocycles. The number of imidazole rings is 1. The van der Waals surface area contributed by atoms with Crippen LogP contribution in [0.15, 0.2) is 18.2 Å². The lowest BCUT2D eigenvalue weighted by atomic mass is 10.1. The Morgan fingerprint density at radius 3 is 2.92 bits per heavy atom. The molecule has 1 aromatic heterocycles. The van der Waals surface area contributed by atoms with Gasteiger partial charge in [-0.2, -0.15) is 0 Å². The maximum Gasteiger partial charge on any atom is 0.324 e. The minimum atomic E-state index is -0.781. The lowest BCUT2D eigenvalue weighted by molar-refractivity contribution is -0.130. The van der Waals surface area contributed by atoms with E-state index in [2.05, 4.69) is 20.6 Å². The van der Waals surface area contributed by atoms with Crippen LogP contribution in [0, 0.1) is 6.92 Å². The number of urea groups is 1. The van der Waals surface area contributed by atoms with Crippen LogP contribution in [0.5, 0.6) is 0 Å². The molecule has 1 fully saturated rings. The Balaban J connectivity index is 1.55. The molecule has 8 nitrogen and oxygen atoms in total. The molecular weight excluding hydrogens is 322 g/mol. The quantitative estimate of drug-likeness (QED) is 0.685. The van der Waals surface area contributed by atoms with Crippen molar-refractivity contribution in [3.63, 3.8) is 0 Å². The highest BCUT2D eigenvalue weighted by atomic mass is 16.2. The van der Waals surface area contributed by atoms with Crippen LogP contribution in [-0.4, -0.2) is 45.3 Å². The first-order chi connectivity index (χ1) is 12.0. The fraction of sp³-hybridized carbons (Fsp3) is 0.412. The number of imide groups is 1. The predicted molar refractivity (Wildman–Crippen MR) is 91.6 cm³/mol. The molecule has 2 heterocycles. The van der Waals surface area contributed by atoms with Gasteiger partial charge in [0.25, 0.3) is 5.91 Å². The number of H-pyrrole nitrogens is 1. The van der Waals surface area contributed by atoms with E-state index in [0.29, 0.717) is 19.5 Å². The smallest absolute Gasteiger partial charge is 0.324 e. The molecule has 4 amide bonds. The van der Waals surface area contributed by atoms with Crippen molar-refractivity contribution in [2.45, 2.75) is 39.3 Å². The predicted octanol–water partition coefficient (Wildman–Crippen LogP) is 1.21. The van der Waals surface area contributed by atoms with E-state index in [1.165, 1.54) is 0 Å². The number of carbonyl (C=O) groups is 3. The van der Waals surface area contributed by atoms with Gasteiger partial charge in [-0.15, -0.1) is 0 Å². The molecule has 1 aliphatic heterocycles. The van der Waals surface area contributed by atoms with Gasteiger partial charge in [-0.3, -0.25) is 14.5 Å². The lowest BCUT2D eigenvalue weighted by Crippen LogP contribution is -2.36. The van der Waals surface area contributed by atoms with Crippen LogP contribution in [0.3, 0.4) is 0 Å². The van der Waals surface area contributed by atoms with Crippen LogP contribution in [0.2, 0.25) is 0 Å². The molecule has 2 aromatic rings. The number of amides is 4. The maximum atomic E-state index is 12.1. The number of nitrogens with zero attached hydrogens (tertiary/aromatic N) is 2. The number of aromatic nitrogens is 2. The molecule has 1 saturated heterocycles. The van der Waals surface area contributed by atoms with E-state index in [1.807, 2.05) is 32.0 Å². The van der Waals surface area contributed by atoms with Gasteiger partial charge in [0.1, 0.15) is 11.9 Å². The molecule has 1 aromatic carbocycles. The van der Waals surface area contributed by atoms with E-state index < -0.39 is 12.1 Å². The van der Waals surface area contributed by atoms with Gasteiger partial charge in [-0.25, -0.2) is 9.78 Å². The van der Waals surface area contributed by atoms with E-state index in [0.717, 1.165) is 27.3 Å². The van der Waals surface area contributed by atoms with Gasteiger partial charge in [-0.05, 0) is 31.0 Å². The van der Waals surface area contributed by atoms with Crippen molar-refractivity contribution in [3.05, 3.63) is 29.6 Å². The Labute approximate surface area is 145 Å². The normalized spacial score (nSPS) is 17.2. The van der Waals surface area contributed by atoms with Crippen molar-refractivity contribution < 1.29 is 14.4 Å². The van der Waals surface area contributed by atoms with Gasteiger partial charge in [0, 0.05) is 13.1 Å². The van der Waals surface area contributed by atoms with Crippen LogP contribution < -0.4 is 10.6 Å². The summed E-state index contributed by atoms with van der Waals surface area (Å²) in [6.45, 7) is 4.49. The first-order valence-electron chi connectivity index (χ1n) is 8.31. The zero-order valence-electron chi connectivity index (χ0n) is 14.3. The van der Waals surface area contributed by atoms with Crippen LogP contribution in [0.25, 0.3) is 11.0 Å². The molecule has 1 atom stereocenters. The molecule has 0 bridgehead atoms. The first kappa shape index (κ1) is 16.9. The van der Waals surface area contributed by atoms with Crippen molar-refractivity contribution in [2.24, 2.45) is 0 Å². The zero-order valence-corrected chi connectivity index (χ0v) is 14.3. The van der Waals surface area contributed by atoms with Gasteiger partial charge in [0.15, 0.2) is 0 Å². The second-order valence-electron chi connectivity index (χ2n) is 6.15. The molecular formula is C17H21N5O3. The summed E-state index contributed by atoms with van der Waals surface area (Å²) in [5.74, 6) is 0.220. The molecule has 25 heavy (non-hydrogen) atoms. The Hall–Kier alpha value is -2.90. The van der Waals surface area contributed by atoms with Crippen LogP contribution in [-0.2, 0) is 16.1 Å². The molecule has 132 valence electrons. The van der Waals surface area contributed by atoms with Crippen LogP contribution in [0.4, 0.5) is 4.79 Å². The molecule has 3 rings (SSSR count). The van der Waals surface area contributed by atoms with E-state index in [4.69, 9.17) is 0 Å². The van der Waals surface area contributed by atoms with Gasteiger partial charge in [0.2, 0.25) is 5.91 Å². The number of fused-ring (bicyclic) bond motifs is 1. The minimum absolute atomic E-state index is 0.0593. The number of hydrogen-bond donors (Lipinski definition) is 3. The van der Waals surface area contributed by atoms with Crippen LogP contribution in [0.1, 0.15) is 31.2 Å². The number of nitrogens with one attached hydrogen (secondary N) is 3. The third kappa shape index (κ3) is 3.62. The van der Waals surface area contributed by atoms with Gasteiger partial charge >= 0.3 is 6.03 Å². The van der Waals surface area contributed by atoms with Crippen molar-refractivity contribution in [3.8, 4) is 0 Å². The third-order valence-corrected chi connectivity index (χ3v) is 4.10. The minimum Gasteiger partial charge on any atom is -0.352 e. The Bertz CT molecular complexity index is 829. The Morgan fingerprint density at radius 2 is 2.16 bits per heavy atom. The van der Waals surface area contributed by atoms with Crippen molar-refractivity contribution in [2.75, 3.05) is 6.54 Å². The summed E-state index contributed by atoms with van der Waals surface area (Å²) in [4.78, 5) is 44.6. The summed E-state index contributed by atoms with van der Waals surface area (Å²) >= 11 is 0. The number of carbonyl (C=O) groups excluding carboxylic acids is 3. The topological polar surface area (TPSA) is 107 Å². The summed E-state index contributed by atoms with van der Waals surface area (Å²) in [7, 11) is 0. The zero-order chi connectivity index (χ0) is 18.0. The molecule has 0 radical (unpaired) electrons. The number of benzene rings is 1. The first-order valence-corrected chi connectivity index (χ1v) is 8.31.